The summed E-state index contributed by atoms with van der Waals surface area (Å²) in [4.78, 5) is 12.0. The van der Waals surface area contributed by atoms with Crippen LogP contribution in [-0.4, -0.2) is 56.7 Å². The smallest absolute Gasteiger partial charge is 0.296 e. The minimum atomic E-state index is -0.167. The number of halogens is 1. The Balaban J connectivity index is 1.45. The first-order valence-electron chi connectivity index (χ1n) is 7.74. The van der Waals surface area contributed by atoms with Crippen LogP contribution >= 0.6 is 11.6 Å². The predicted octanol–water partition coefficient (Wildman–Crippen LogP) is 1.94. The molecular formula is C15H14ClN5O3. The highest BCUT2D eigenvalue weighted by atomic mass is 35.5. The fourth-order valence-corrected chi connectivity index (χ4v) is 3.45. The van der Waals surface area contributed by atoms with E-state index in [-0.39, 0.29) is 18.3 Å². The molecule has 3 aromatic rings. The first kappa shape index (κ1) is 14.2. The monoisotopic (exact) mass is 347 g/mol. The number of H-pyrrole nitrogens is 2. The molecule has 9 heteroatoms. The van der Waals surface area contributed by atoms with Gasteiger partial charge in [-0.2, -0.15) is 10.1 Å². The summed E-state index contributed by atoms with van der Waals surface area (Å²) in [7, 11) is 0. The van der Waals surface area contributed by atoms with E-state index in [9.17, 15) is 0 Å². The molecule has 5 rings (SSSR count). The van der Waals surface area contributed by atoms with E-state index in [1.807, 2.05) is 0 Å². The van der Waals surface area contributed by atoms with Gasteiger partial charge in [0.2, 0.25) is 0 Å². The maximum absolute atomic E-state index is 6.30. The zero-order valence-electron chi connectivity index (χ0n) is 12.5. The molecule has 2 saturated heterocycles. The summed E-state index contributed by atoms with van der Waals surface area (Å²) in [6.45, 7) is 1.21. The Hall–Kier alpha value is -2.16. The zero-order chi connectivity index (χ0) is 16.1. The Morgan fingerprint density at radius 1 is 1.29 bits per heavy atom. The molecule has 2 N–H and O–H groups in total. The molecule has 2 fully saturated rings. The van der Waals surface area contributed by atoms with Crippen LogP contribution in [0.5, 0.6) is 6.01 Å². The van der Waals surface area contributed by atoms with Crippen LogP contribution in [0, 0.1) is 0 Å². The van der Waals surface area contributed by atoms with E-state index in [1.54, 1.807) is 18.3 Å². The number of ether oxygens (including phenoxy) is 3. The summed E-state index contributed by atoms with van der Waals surface area (Å²) < 4.78 is 17.3. The first-order chi connectivity index (χ1) is 11.8. The summed E-state index contributed by atoms with van der Waals surface area (Å²) in [5.41, 5.74) is 2.47. The van der Waals surface area contributed by atoms with Gasteiger partial charge in [0.15, 0.2) is 11.8 Å². The third-order valence-electron chi connectivity index (χ3n) is 4.33. The van der Waals surface area contributed by atoms with Crippen molar-refractivity contribution in [2.75, 3.05) is 13.2 Å². The Labute approximate surface area is 141 Å². The number of aromatic nitrogens is 5. The van der Waals surface area contributed by atoms with E-state index in [4.69, 9.17) is 25.8 Å². The molecule has 1 unspecified atom stereocenters. The van der Waals surface area contributed by atoms with Gasteiger partial charge in [0.05, 0.1) is 23.3 Å². The lowest BCUT2D eigenvalue weighted by molar-refractivity contribution is 0.0273. The average molecular weight is 348 g/mol. The Morgan fingerprint density at radius 2 is 2.25 bits per heavy atom. The van der Waals surface area contributed by atoms with E-state index in [0.717, 1.165) is 6.42 Å². The zero-order valence-corrected chi connectivity index (χ0v) is 13.3. The molecule has 0 bridgehead atoms. The number of hydrogen-bond donors (Lipinski definition) is 2. The summed E-state index contributed by atoms with van der Waals surface area (Å²) in [5, 5.41) is 7.35. The topological polar surface area (TPSA) is 97.9 Å². The standard InChI is InChI=1S/C15H14ClN5O3/c16-7-5-9-14(19-12(7)8-1-3-17-21-8)20-15(18-9)24-11-6-23-10-2-4-22-13(10)11/h1,3,5,10-11,13H,2,4,6H2,(H,17,21)(H,18,19,20)/t10-,11?,13+/m1/s1. The molecule has 0 spiro atoms. The van der Waals surface area contributed by atoms with Crippen molar-refractivity contribution >= 4 is 22.8 Å². The van der Waals surface area contributed by atoms with Crippen LogP contribution in [0.2, 0.25) is 5.02 Å². The lowest BCUT2D eigenvalue weighted by atomic mass is 10.1. The van der Waals surface area contributed by atoms with Gasteiger partial charge in [0.1, 0.15) is 17.5 Å². The fourth-order valence-electron chi connectivity index (χ4n) is 3.20. The van der Waals surface area contributed by atoms with Crippen LogP contribution in [-0.2, 0) is 9.47 Å². The molecule has 0 aliphatic carbocycles. The predicted molar refractivity (Wildman–Crippen MR) is 85.0 cm³/mol. The number of rotatable bonds is 3. The van der Waals surface area contributed by atoms with Crippen molar-refractivity contribution in [3.05, 3.63) is 23.4 Å². The second-order valence-corrected chi connectivity index (χ2v) is 6.25. The minimum absolute atomic E-state index is 0.0330. The number of hydrogen-bond acceptors (Lipinski definition) is 6. The molecule has 8 nitrogen and oxygen atoms in total. The number of aromatic amines is 2. The highest BCUT2D eigenvalue weighted by Crippen LogP contribution is 2.31. The van der Waals surface area contributed by atoms with Gasteiger partial charge in [-0.05, 0) is 18.6 Å². The van der Waals surface area contributed by atoms with E-state index < -0.39 is 0 Å². The first-order valence-corrected chi connectivity index (χ1v) is 8.12. The van der Waals surface area contributed by atoms with Crippen LogP contribution in [0.1, 0.15) is 6.42 Å². The molecule has 0 amide bonds. The highest BCUT2D eigenvalue weighted by Gasteiger charge is 2.43. The van der Waals surface area contributed by atoms with Gasteiger partial charge in [0.25, 0.3) is 6.01 Å². The average Bonchev–Trinajstić information content (AvgIpc) is 3.31. The molecule has 0 radical (unpaired) electrons. The van der Waals surface area contributed by atoms with E-state index in [0.29, 0.717) is 46.8 Å². The van der Waals surface area contributed by atoms with E-state index in [2.05, 4.69) is 25.1 Å². The summed E-state index contributed by atoms with van der Waals surface area (Å²) in [5.74, 6) is 0. The van der Waals surface area contributed by atoms with Gasteiger partial charge in [-0.25, -0.2) is 4.98 Å². The second kappa shape index (κ2) is 5.44. The van der Waals surface area contributed by atoms with Gasteiger partial charge < -0.3 is 19.2 Å². The highest BCUT2D eigenvalue weighted by molar-refractivity contribution is 6.33. The molecular weight excluding hydrogens is 334 g/mol. The Morgan fingerprint density at radius 3 is 3.12 bits per heavy atom. The number of nitrogens with one attached hydrogen (secondary N) is 2. The molecule has 2 aliphatic heterocycles. The molecule has 3 atom stereocenters. The van der Waals surface area contributed by atoms with Gasteiger partial charge in [-0.1, -0.05) is 11.6 Å². The van der Waals surface area contributed by atoms with Crippen molar-refractivity contribution in [3.8, 4) is 17.4 Å². The number of pyridine rings is 1. The molecule has 3 aromatic heterocycles. The van der Waals surface area contributed by atoms with Crippen molar-refractivity contribution in [2.45, 2.75) is 24.7 Å². The quantitative estimate of drug-likeness (QED) is 0.751. The molecule has 124 valence electrons. The molecule has 2 aliphatic rings. The van der Waals surface area contributed by atoms with Crippen molar-refractivity contribution in [2.24, 2.45) is 0 Å². The number of imidazole rings is 1. The Bertz CT molecular complexity index is 881. The van der Waals surface area contributed by atoms with Crippen LogP contribution < -0.4 is 4.74 Å². The summed E-state index contributed by atoms with van der Waals surface area (Å²) in [6.07, 6.45) is 2.55. The second-order valence-electron chi connectivity index (χ2n) is 5.84. The third-order valence-corrected chi connectivity index (χ3v) is 4.62. The van der Waals surface area contributed by atoms with Crippen molar-refractivity contribution in [3.63, 3.8) is 0 Å². The summed E-state index contributed by atoms with van der Waals surface area (Å²) in [6, 6.07) is 3.96. The maximum Gasteiger partial charge on any atom is 0.296 e. The lowest BCUT2D eigenvalue weighted by Crippen LogP contribution is -2.32. The number of fused-ring (bicyclic) bond motifs is 2. The lowest BCUT2D eigenvalue weighted by Gasteiger charge is -2.15. The largest absolute Gasteiger partial charge is 0.456 e. The maximum atomic E-state index is 6.30. The van der Waals surface area contributed by atoms with Crippen molar-refractivity contribution in [1.29, 1.82) is 0 Å². The minimum Gasteiger partial charge on any atom is -0.456 e. The molecule has 24 heavy (non-hydrogen) atoms. The van der Waals surface area contributed by atoms with Crippen molar-refractivity contribution in [1.82, 2.24) is 25.1 Å². The summed E-state index contributed by atoms with van der Waals surface area (Å²) >= 11 is 6.30. The van der Waals surface area contributed by atoms with Crippen LogP contribution in [0.15, 0.2) is 18.3 Å². The number of nitrogens with zero attached hydrogens (tertiary/aromatic N) is 3. The third kappa shape index (κ3) is 2.26. The van der Waals surface area contributed by atoms with E-state index >= 15 is 0 Å². The normalized spacial score (nSPS) is 26.1. The SMILES string of the molecule is Clc1cc2[nH]c(OC3CO[C@@H]4CCO[C@H]34)nc2nc1-c1cc[nH]n1. The van der Waals surface area contributed by atoms with Crippen molar-refractivity contribution < 1.29 is 14.2 Å². The molecule has 5 heterocycles. The fraction of sp³-hybridized carbons (Fsp3) is 0.400. The van der Waals surface area contributed by atoms with Gasteiger partial charge in [-0.15, -0.1) is 0 Å². The van der Waals surface area contributed by atoms with Gasteiger partial charge >= 0.3 is 0 Å². The van der Waals surface area contributed by atoms with Crippen LogP contribution in [0.4, 0.5) is 0 Å². The Kier molecular flexibility index (Phi) is 3.22. The van der Waals surface area contributed by atoms with Gasteiger partial charge in [-0.3, -0.25) is 5.10 Å². The molecule has 0 saturated carbocycles. The van der Waals surface area contributed by atoms with E-state index in [1.165, 1.54) is 0 Å². The molecule has 0 aromatic carbocycles. The van der Waals surface area contributed by atoms with Crippen LogP contribution in [0.25, 0.3) is 22.6 Å². The van der Waals surface area contributed by atoms with Crippen LogP contribution in [0.3, 0.4) is 0 Å². The van der Waals surface area contributed by atoms with Gasteiger partial charge in [0, 0.05) is 12.8 Å².